The van der Waals surface area contributed by atoms with Gasteiger partial charge < -0.3 is 5.32 Å². The highest BCUT2D eigenvalue weighted by Gasteiger charge is 2.07. The lowest BCUT2D eigenvalue weighted by Gasteiger charge is -2.08. The number of anilines is 1. The van der Waals surface area contributed by atoms with Crippen molar-refractivity contribution in [2.45, 2.75) is 26.4 Å². The molecule has 0 saturated carbocycles. The zero-order valence-electron chi connectivity index (χ0n) is 12.0. The number of nitrogens with one attached hydrogen (secondary N) is 1. The summed E-state index contributed by atoms with van der Waals surface area (Å²) in [5.41, 5.74) is 2.84. The van der Waals surface area contributed by atoms with Crippen LogP contribution in [0.25, 0.3) is 11.0 Å². The van der Waals surface area contributed by atoms with Crippen molar-refractivity contribution in [3.8, 4) is 0 Å². The summed E-state index contributed by atoms with van der Waals surface area (Å²) in [6.45, 7) is 4.79. The molecule has 0 unspecified atom stereocenters. The standard InChI is InChI=1S/C16H17FN4/c1-11(2)21-16-13(9-20-21)7-15(10-19-16)18-8-12-3-5-14(17)6-4-12/h3-7,9-11,18H,8H2,1-2H3. The van der Waals surface area contributed by atoms with Gasteiger partial charge in [-0.05, 0) is 37.6 Å². The minimum absolute atomic E-state index is 0.220. The van der Waals surface area contributed by atoms with Gasteiger partial charge in [0.15, 0.2) is 5.65 Å². The smallest absolute Gasteiger partial charge is 0.158 e. The fourth-order valence-corrected chi connectivity index (χ4v) is 2.22. The first-order chi connectivity index (χ1) is 10.1. The van der Waals surface area contributed by atoms with Crippen LogP contribution in [0.15, 0.2) is 42.7 Å². The number of hydrogen-bond donors (Lipinski definition) is 1. The van der Waals surface area contributed by atoms with Crippen molar-refractivity contribution in [1.29, 1.82) is 0 Å². The summed E-state index contributed by atoms with van der Waals surface area (Å²) in [6.07, 6.45) is 3.62. The second kappa shape index (κ2) is 5.52. The third-order valence-corrected chi connectivity index (χ3v) is 3.33. The van der Waals surface area contributed by atoms with E-state index in [0.717, 1.165) is 22.3 Å². The zero-order valence-corrected chi connectivity index (χ0v) is 12.0. The molecule has 21 heavy (non-hydrogen) atoms. The Hall–Kier alpha value is -2.43. The van der Waals surface area contributed by atoms with Gasteiger partial charge in [-0.25, -0.2) is 14.1 Å². The van der Waals surface area contributed by atoms with Gasteiger partial charge in [0.2, 0.25) is 0 Å². The van der Waals surface area contributed by atoms with Gasteiger partial charge in [-0.2, -0.15) is 5.10 Å². The van der Waals surface area contributed by atoms with Gasteiger partial charge in [0.25, 0.3) is 0 Å². The normalized spacial score (nSPS) is 11.2. The molecule has 1 aromatic carbocycles. The molecule has 0 bridgehead atoms. The van der Waals surface area contributed by atoms with Crippen molar-refractivity contribution in [3.05, 3.63) is 54.1 Å². The average molecular weight is 284 g/mol. The predicted octanol–water partition coefficient (Wildman–Crippen LogP) is 3.76. The molecular weight excluding hydrogens is 267 g/mol. The lowest BCUT2D eigenvalue weighted by Crippen LogP contribution is -2.04. The molecule has 1 N–H and O–H groups in total. The molecule has 4 nitrogen and oxygen atoms in total. The maximum atomic E-state index is 12.9. The molecule has 3 aromatic rings. The van der Waals surface area contributed by atoms with Crippen LogP contribution in [-0.4, -0.2) is 14.8 Å². The first-order valence-electron chi connectivity index (χ1n) is 6.95. The quantitative estimate of drug-likeness (QED) is 0.793. The first kappa shape index (κ1) is 13.5. The van der Waals surface area contributed by atoms with Crippen molar-refractivity contribution in [3.63, 3.8) is 0 Å². The van der Waals surface area contributed by atoms with Crippen LogP contribution in [0.2, 0.25) is 0 Å². The molecule has 0 aliphatic carbocycles. The summed E-state index contributed by atoms with van der Waals surface area (Å²) < 4.78 is 14.8. The molecule has 0 aliphatic rings. The van der Waals surface area contributed by atoms with Gasteiger partial charge in [0, 0.05) is 18.0 Å². The molecule has 2 heterocycles. The molecule has 0 fully saturated rings. The number of hydrogen-bond acceptors (Lipinski definition) is 3. The number of pyridine rings is 1. The van der Waals surface area contributed by atoms with Gasteiger partial charge in [-0.1, -0.05) is 12.1 Å². The molecule has 0 atom stereocenters. The number of halogens is 1. The fraction of sp³-hybridized carbons (Fsp3) is 0.250. The van der Waals surface area contributed by atoms with Crippen molar-refractivity contribution in [1.82, 2.24) is 14.8 Å². The van der Waals surface area contributed by atoms with E-state index in [2.05, 4.69) is 29.2 Å². The molecule has 2 aromatic heterocycles. The summed E-state index contributed by atoms with van der Waals surface area (Å²) in [5.74, 6) is -0.220. The molecule has 0 amide bonds. The predicted molar refractivity (Wildman–Crippen MR) is 81.6 cm³/mol. The summed E-state index contributed by atoms with van der Waals surface area (Å²) in [4.78, 5) is 4.47. The Morgan fingerprint density at radius 3 is 2.67 bits per heavy atom. The molecule has 3 rings (SSSR count). The minimum atomic E-state index is -0.220. The van der Waals surface area contributed by atoms with Gasteiger partial charge >= 0.3 is 0 Å². The summed E-state index contributed by atoms with van der Waals surface area (Å²) >= 11 is 0. The van der Waals surface area contributed by atoms with E-state index in [4.69, 9.17) is 0 Å². The third kappa shape index (κ3) is 2.86. The Morgan fingerprint density at radius 1 is 1.19 bits per heavy atom. The molecule has 5 heteroatoms. The topological polar surface area (TPSA) is 42.7 Å². The third-order valence-electron chi connectivity index (χ3n) is 3.33. The second-order valence-electron chi connectivity index (χ2n) is 5.30. The maximum Gasteiger partial charge on any atom is 0.158 e. The van der Waals surface area contributed by atoms with Crippen LogP contribution in [0.1, 0.15) is 25.5 Å². The largest absolute Gasteiger partial charge is 0.380 e. The molecular formula is C16H17FN4. The van der Waals surface area contributed by atoms with Crippen LogP contribution in [0.3, 0.4) is 0 Å². The van der Waals surface area contributed by atoms with E-state index < -0.39 is 0 Å². The van der Waals surface area contributed by atoms with Gasteiger partial charge in [-0.3, -0.25) is 0 Å². The zero-order chi connectivity index (χ0) is 14.8. The Kier molecular flexibility index (Phi) is 3.56. The van der Waals surface area contributed by atoms with E-state index in [0.29, 0.717) is 6.54 Å². The van der Waals surface area contributed by atoms with Crippen molar-refractivity contribution in [2.75, 3.05) is 5.32 Å². The highest BCUT2D eigenvalue weighted by atomic mass is 19.1. The van der Waals surface area contributed by atoms with E-state index in [9.17, 15) is 4.39 Å². The van der Waals surface area contributed by atoms with Crippen LogP contribution >= 0.6 is 0 Å². The monoisotopic (exact) mass is 284 g/mol. The van der Waals surface area contributed by atoms with Crippen LogP contribution in [0, 0.1) is 5.82 Å². The van der Waals surface area contributed by atoms with E-state index in [1.54, 1.807) is 18.3 Å². The number of fused-ring (bicyclic) bond motifs is 1. The highest BCUT2D eigenvalue weighted by Crippen LogP contribution is 2.19. The molecule has 0 aliphatic heterocycles. The Bertz CT molecular complexity index is 747. The summed E-state index contributed by atoms with van der Waals surface area (Å²) in [5, 5.41) is 8.64. The van der Waals surface area contributed by atoms with Gasteiger partial charge in [0.05, 0.1) is 18.1 Å². The van der Waals surface area contributed by atoms with E-state index in [1.807, 2.05) is 16.9 Å². The Balaban J connectivity index is 1.77. The summed E-state index contributed by atoms with van der Waals surface area (Å²) in [7, 11) is 0. The van der Waals surface area contributed by atoms with Crippen molar-refractivity contribution < 1.29 is 4.39 Å². The first-order valence-corrected chi connectivity index (χ1v) is 6.95. The van der Waals surface area contributed by atoms with Crippen LogP contribution < -0.4 is 5.32 Å². The van der Waals surface area contributed by atoms with E-state index in [-0.39, 0.29) is 11.9 Å². The van der Waals surface area contributed by atoms with Crippen molar-refractivity contribution >= 4 is 16.7 Å². The second-order valence-corrected chi connectivity index (χ2v) is 5.30. The number of benzene rings is 1. The summed E-state index contributed by atoms with van der Waals surface area (Å²) in [6, 6.07) is 8.78. The number of nitrogens with zero attached hydrogens (tertiary/aromatic N) is 3. The van der Waals surface area contributed by atoms with E-state index >= 15 is 0 Å². The molecule has 0 saturated heterocycles. The number of rotatable bonds is 4. The van der Waals surface area contributed by atoms with Gasteiger partial charge in [-0.15, -0.1) is 0 Å². The molecule has 0 spiro atoms. The van der Waals surface area contributed by atoms with E-state index in [1.165, 1.54) is 12.1 Å². The Labute approximate surface area is 122 Å². The SMILES string of the molecule is CC(C)n1ncc2cc(NCc3ccc(F)cc3)cnc21. The lowest BCUT2D eigenvalue weighted by molar-refractivity contribution is 0.546. The minimum Gasteiger partial charge on any atom is -0.380 e. The maximum absolute atomic E-state index is 12.9. The van der Waals surface area contributed by atoms with Crippen molar-refractivity contribution in [2.24, 2.45) is 0 Å². The van der Waals surface area contributed by atoms with Crippen LogP contribution in [0.5, 0.6) is 0 Å². The molecule has 108 valence electrons. The average Bonchev–Trinajstić information content (AvgIpc) is 2.90. The Morgan fingerprint density at radius 2 is 1.95 bits per heavy atom. The molecule has 0 radical (unpaired) electrons. The number of aromatic nitrogens is 3. The van der Waals surface area contributed by atoms with Crippen LogP contribution in [-0.2, 0) is 6.54 Å². The highest BCUT2D eigenvalue weighted by molar-refractivity contribution is 5.78. The van der Waals surface area contributed by atoms with Gasteiger partial charge in [0.1, 0.15) is 5.82 Å². The fourth-order valence-electron chi connectivity index (χ4n) is 2.22. The lowest BCUT2D eigenvalue weighted by atomic mass is 10.2. The van der Waals surface area contributed by atoms with Crippen LogP contribution in [0.4, 0.5) is 10.1 Å².